The zero-order valence-corrected chi connectivity index (χ0v) is 10.3. The van der Waals surface area contributed by atoms with E-state index in [1.807, 2.05) is 6.07 Å². The average molecular weight is 269 g/mol. The molecule has 1 aromatic carbocycles. The van der Waals surface area contributed by atoms with Gasteiger partial charge in [-0.15, -0.1) is 0 Å². The first-order chi connectivity index (χ1) is 7.17. The van der Waals surface area contributed by atoms with E-state index < -0.39 is 0 Å². The predicted octanol–water partition coefficient (Wildman–Crippen LogP) is 3.08. The molecule has 0 atom stereocenters. The molecule has 1 aromatic heterocycles. The van der Waals surface area contributed by atoms with Gasteiger partial charge >= 0.3 is 0 Å². The minimum Gasteiger partial charge on any atom is -0.493 e. The molecule has 0 radical (unpaired) electrons. The number of methoxy groups -OCH3 is 1. The summed E-state index contributed by atoms with van der Waals surface area (Å²) >= 11 is 3.51. The van der Waals surface area contributed by atoms with Crippen molar-refractivity contribution in [2.24, 2.45) is 0 Å². The number of aromatic nitrogens is 1. The molecule has 2 aromatic rings. The van der Waals surface area contributed by atoms with E-state index in [0.717, 1.165) is 21.8 Å². The summed E-state index contributed by atoms with van der Waals surface area (Å²) < 4.78 is 6.15. The lowest BCUT2D eigenvalue weighted by molar-refractivity contribution is 0.415. The monoisotopic (exact) mass is 268 g/mol. The summed E-state index contributed by atoms with van der Waals surface area (Å²) in [6.45, 7) is 2.11. The molecule has 0 unspecified atom stereocenters. The molecule has 80 valence electrons. The van der Waals surface area contributed by atoms with E-state index in [2.05, 4.69) is 33.9 Å². The fraction of sp³-hybridized carbons (Fsp3) is 0.273. The molecule has 0 saturated carbocycles. The van der Waals surface area contributed by atoms with E-state index >= 15 is 0 Å². The quantitative estimate of drug-likeness (QED) is 0.823. The third-order valence-electron chi connectivity index (χ3n) is 2.49. The molecule has 0 aliphatic heterocycles. The predicted molar refractivity (Wildman–Crippen MR) is 66.3 cm³/mol. The van der Waals surface area contributed by atoms with Crippen LogP contribution in [0.2, 0.25) is 0 Å². The second-order valence-corrected chi connectivity index (χ2v) is 4.22. The Kier molecular flexibility index (Phi) is 2.61. The number of H-pyrrole nitrogens is 1. The molecule has 0 bridgehead atoms. The highest BCUT2D eigenvalue weighted by Crippen LogP contribution is 2.38. The summed E-state index contributed by atoms with van der Waals surface area (Å²) in [5.41, 5.74) is 8.75. The van der Waals surface area contributed by atoms with E-state index in [4.69, 9.17) is 10.5 Å². The number of rotatable bonds is 2. The topological polar surface area (TPSA) is 51.0 Å². The van der Waals surface area contributed by atoms with Crippen LogP contribution in [0.5, 0.6) is 5.75 Å². The number of aromatic amines is 1. The van der Waals surface area contributed by atoms with E-state index in [1.54, 1.807) is 7.11 Å². The van der Waals surface area contributed by atoms with Crippen molar-refractivity contribution in [2.75, 3.05) is 12.8 Å². The van der Waals surface area contributed by atoms with Gasteiger partial charge < -0.3 is 15.5 Å². The summed E-state index contributed by atoms with van der Waals surface area (Å²) in [7, 11) is 1.62. The van der Waals surface area contributed by atoms with Crippen LogP contribution in [0.15, 0.2) is 16.6 Å². The van der Waals surface area contributed by atoms with Crippen molar-refractivity contribution >= 4 is 32.5 Å². The third kappa shape index (κ3) is 1.59. The number of fused-ring (bicyclic) bond motifs is 1. The molecule has 0 amide bonds. The maximum absolute atomic E-state index is 5.87. The first-order valence-corrected chi connectivity index (χ1v) is 5.60. The second kappa shape index (κ2) is 3.77. The molecule has 15 heavy (non-hydrogen) atoms. The lowest BCUT2D eigenvalue weighted by atomic mass is 10.2. The normalized spacial score (nSPS) is 10.9. The highest BCUT2D eigenvalue weighted by Gasteiger charge is 2.11. The summed E-state index contributed by atoms with van der Waals surface area (Å²) in [5, 5.41) is 1.11. The lowest BCUT2D eigenvalue weighted by Gasteiger charge is -2.07. The van der Waals surface area contributed by atoms with Crippen LogP contribution >= 0.6 is 15.9 Å². The molecule has 1 heterocycles. The van der Waals surface area contributed by atoms with Crippen molar-refractivity contribution in [3.8, 4) is 5.75 Å². The Balaban J connectivity index is 2.76. The van der Waals surface area contributed by atoms with Gasteiger partial charge in [-0.3, -0.25) is 0 Å². The Hall–Kier alpha value is -1.16. The van der Waals surface area contributed by atoms with Crippen LogP contribution < -0.4 is 10.5 Å². The third-order valence-corrected chi connectivity index (χ3v) is 3.27. The minimum absolute atomic E-state index is 0.640. The van der Waals surface area contributed by atoms with Crippen LogP contribution in [0, 0.1) is 0 Å². The fourth-order valence-electron chi connectivity index (χ4n) is 1.69. The number of nitrogens with two attached hydrogens (primary N) is 1. The van der Waals surface area contributed by atoms with Crippen molar-refractivity contribution in [2.45, 2.75) is 13.3 Å². The van der Waals surface area contributed by atoms with Gasteiger partial charge in [-0.1, -0.05) is 6.92 Å². The molecule has 0 fully saturated rings. The van der Waals surface area contributed by atoms with Gasteiger partial charge in [0.25, 0.3) is 0 Å². The van der Waals surface area contributed by atoms with Gasteiger partial charge in [0, 0.05) is 16.6 Å². The van der Waals surface area contributed by atoms with Crippen molar-refractivity contribution in [3.63, 3.8) is 0 Å². The summed E-state index contributed by atoms with van der Waals surface area (Å²) in [4.78, 5) is 3.31. The van der Waals surface area contributed by atoms with Crippen LogP contribution in [0.3, 0.4) is 0 Å². The smallest absolute Gasteiger partial charge is 0.156 e. The number of halogens is 1. The van der Waals surface area contributed by atoms with Gasteiger partial charge in [0.2, 0.25) is 0 Å². The molecule has 3 nitrogen and oxygen atoms in total. The Labute approximate surface area is 96.7 Å². The molecular weight excluding hydrogens is 256 g/mol. The van der Waals surface area contributed by atoms with Gasteiger partial charge in [-0.25, -0.2) is 0 Å². The molecule has 4 heteroatoms. The largest absolute Gasteiger partial charge is 0.493 e. The van der Waals surface area contributed by atoms with Gasteiger partial charge in [0.05, 0.1) is 17.3 Å². The van der Waals surface area contributed by atoms with Gasteiger partial charge in [-0.2, -0.15) is 0 Å². The number of nitrogens with one attached hydrogen (secondary N) is 1. The lowest BCUT2D eigenvalue weighted by Crippen LogP contribution is -1.93. The number of aryl methyl sites for hydroxylation is 1. The number of benzene rings is 1. The summed E-state index contributed by atoms with van der Waals surface area (Å²) in [6, 6.07) is 4.01. The van der Waals surface area contributed by atoms with Crippen LogP contribution in [0.25, 0.3) is 10.9 Å². The average Bonchev–Trinajstić information content (AvgIpc) is 2.61. The van der Waals surface area contributed by atoms with Gasteiger partial charge in [-0.05, 0) is 34.5 Å². The zero-order chi connectivity index (χ0) is 11.0. The molecule has 3 N–H and O–H groups in total. The van der Waals surface area contributed by atoms with E-state index in [0.29, 0.717) is 11.4 Å². The number of anilines is 1. The van der Waals surface area contributed by atoms with E-state index in [1.165, 1.54) is 5.69 Å². The van der Waals surface area contributed by atoms with Gasteiger partial charge in [0.1, 0.15) is 0 Å². The standard InChI is InChI=1S/C11H13BrN2O/c1-3-6-4-7-9(14-6)5-8(13)11(15-2)10(7)12/h4-5,14H,3,13H2,1-2H3. The Morgan fingerprint density at radius 3 is 2.80 bits per heavy atom. The molecule has 2 rings (SSSR count). The first kappa shape index (κ1) is 10.4. The van der Waals surface area contributed by atoms with E-state index in [9.17, 15) is 0 Å². The van der Waals surface area contributed by atoms with Crippen LogP contribution in [0.1, 0.15) is 12.6 Å². The Bertz CT molecular complexity index is 505. The maximum atomic E-state index is 5.87. The van der Waals surface area contributed by atoms with Gasteiger partial charge in [0.15, 0.2) is 5.75 Å². The fourth-order valence-corrected chi connectivity index (χ4v) is 2.41. The number of ether oxygens (including phenoxy) is 1. The highest BCUT2D eigenvalue weighted by molar-refractivity contribution is 9.10. The SMILES string of the molecule is CCc1cc2c(Br)c(OC)c(N)cc2[nH]1. The molecule has 0 aliphatic carbocycles. The van der Waals surface area contributed by atoms with Crippen molar-refractivity contribution in [1.29, 1.82) is 0 Å². The highest BCUT2D eigenvalue weighted by atomic mass is 79.9. The second-order valence-electron chi connectivity index (χ2n) is 3.42. The first-order valence-electron chi connectivity index (χ1n) is 4.81. The maximum Gasteiger partial charge on any atom is 0.156 e. The summed E-state index contributed by atoms with van der Waals surface area (Å²) in [6.07, 6.45) is 0.976. The molecular formula is C11H13BrN2O. The molecule has 0 spiro atoms. The van der Waals surface area contributed by atoms with Crippen LogP contribution in [-0.4, -0.2) is 12.1 Å². The number of hydrogen-bond acceptors (Lipinski definition) is 2. The molecule has 0 aliphatic rings. The zero-order valence-electron chi connectivity index (χ0n) is 8.73. The Morgan fingerprint density at radius 2 is 2.20 bits per heavy atom. The van der Waals surface area contributed by atoms with Crippen molar-refractivity contribution < 1.29 is 4.74 Å². The number of hydrogen-bond donors (Lipinski definition) is 2. The van der Waals surface area contributed by atoms with Crippen molar-refractivity contribution in [3.05, 3.63) is 22.3 Å². The minimum atomic E-state index is 0.640. The van der Waals surface area contributed by atoms with Crippen LogP contribution in [0.4, 0.5) is 5.69 Å². The van der Waals surface area contributed by atoms with Crippen molar-refractivity contribution in [1.82, 2.24) is 4.98 Å². The van der Waals surface area contributed by atoms with E-state index in [-0.39, 0.29) is 0 Å². The molecule has 0 saturated heterocycles. The van der Waals surface area contributed by atoms with Crippen LogP contribution in [-0.2, 0) is 6.42 Å². The summed E-state index contributed by atoms with van der Waals surface area (Å²) in [5.74, 6) is 0.698. The number of nitrogen functional groups attached to an aromatic ring is 1. The Morgan fingerprint density at radius 1 is 1.47 bits per heavy atom.